The Labute approximate surface area is 152 Å². The quantitative estimate of drug-likeness (QED) is 0.397. The molecule has 0 saturated heterocycles. The third-order valence-electron chi connectivity index (χ3n) is 3.13. The van der Waals surface area contributed by atoms with Crippen LogP contribution in [0.25, 0.3) is 22.1 Å². The van der Waals surface area contributed by atoms with E-state index in [0.717, 1.165) is 0 Å². The van der Waals surface area contributed by atoms with Crippen molar-refractivity contribution in [2.24, 2.45) is 0 Å². The Morgan fingerprint density at radius 1 is 0.720 bits per heavy atom. The van der Waals surface area contributed by atoms with Gasteiger partial charge < -0.3 is 19.8 Å². The summed E-state index contributed by atoms with van der Waals surface area (Å²) in [5.74, 6) is -2.48. The van der Waals surface area contributed by atoms with Gasteiger partial charge in [0.25, 0.3) is 0 Å². The van der Waals surface area contributed by atoms with Crippen molar-refractivity contribution < 1.29 is 39.3 Å². The summed E-state index contributed by atoms with van der Waals surface area (Å²) in [5.41, 5.74) is 1.82. The zero-order valence-corrected chi connectivity index (χ0v) is 15.6. The summed E-state index contributed by atoms with van der Waals surface area (Å²) in [6, 6.07) is 9.39. The molecule has 0 unspecified atom stereocenters. The summed E-state index contributed by atoms with van der Waals surface area (Å²) in [6.45, 7) is 0. The number of aromatic nitrogens is 6. The number of rotatable bonds is 2. The number of hydrogen-bond acceptors (Lipinski definition) is 8. The Balaban J connectivity index is 0.000000173. The average Bonchev–Trinajstić information content (AvgIpc) is 3.23. The molecule has 0 aliphatic rings. The maximum Gasteiger partial charge on any atom is 2.00 e. The molecule has 2 aromatic carbocycles. The van der Waals surface area contributed by atoms with Crippen LogP contribution in [0.15, 0.2) is 36.4 Å². The summed E-state index contributed by atoms with van der Waals surface area (Å²) in [4.78, 5) is 21.0. The molecule has 0 aliphatic carbocycles. The van der Waals surface area contributed by atoms with Crippen molar-refractivity contribution >= 4 is 34.0 Å². The first kappa shape index (κ1) is 18.1. The molecule has 4 rings (SSSR count). The van der Waals surface area contributed by atoms with Crippen LogP contribution in [0.1, 0.15) is 20.7 Å². The van der Waals surface area contributed by atoms with Gasteiger partial charge in [-0.05, 0) is 12.1 Å². The topological polar surface area (TPSA) is 163 Å². The number of nitrogens with one attached hydrogen (secondary N) is 2. The molecule has 0 spiro atoms. The summed E-state index contributed by atoms with van der Waals surface area (Å²) in [6.07, 6.45) is 0. The number of fused-ring (bicyclic) bond motifs is 2. The van der Waals surface area contributed by atoms with Gasteiger partial charge in [0.15, 0.2) is 0 Å². The minimum atomic E-state index is -1.24. The fourth-order valence-electron chi connectivity index (χ4n) is 2.07. The monoisotopic (exact) mass is 388 g/mol. The van der Waals surface area contributed by atoms with Crippen LogP contribution in [0.3, 0.4) is 0 Å². The van der Waals surface area contributed by atoms with Gasteiger partial charge in [-0.25, -0.2) is 0 Å². The van der Waals surface area contributed by atoms with Crippen molar-refractivity contribution in [3.8, 4) is 0 Å². The van der Waals surface area contributed by atoms with E-state index in [1.54, 1.807) is 24.3 Å². The van der Waals surface area contributed by atoms with E-state index >= 15 is 0 Å². The average molecular weight is 390 g/mol. The number of carboxylic acid groups (broad SMARTS) is 2. The van der Waals surface area contributed by atoms with Crippen molar-refractivity contribution in [1.82, 2.24) is 30.8 Å². The van der Waals surface area contributed by atoms with Crippen LogP contribution in [0.4, 0.5) is 0 Å². The van der Waals surface area contributed by atoms with Crippen molar-refractivity contribution in [2.45, 2.75) is 0 Å². The third kappa shape index (κ3) is 3.66. The first-order valence-electron chi connectivity index (χ1n) is 6.59. The first-order chi connectivity index (χ1) is 11.6. The van der Waals surface area contributed by atoms with Crippen molar-refractivity contribution in [2.75, 3.05) is 0 Å². The molecule has 120 valence electrons. The number of nitrogens with zero attached hydrogens (tertiary/aromatic N) is 4. The van der Waals surface area contributed by atoms with E-state index in [1.807, 2.05) is 0 Å². The number of H-pyrrole nitrogens is 2. The van der Waals surface area contributed by atoms with E-state index in [2.05, 4.69) is 30.8 Å². The molecular weight excluding hydrogens is 382 g/mol. The Morgan fingerprint density at radius 3 is 1.48 bits per heavy atom. The van der Waals surface area contributed by atoms with Gasteiger partial charge in [-0.3, -0.25) is 0 Å². The zero-order chi connectivity index (χ0) is 17.1. The SMILES string of the molecule is O=C([O-])c1cccc2n[nH]nc12.O=C([O-])c1cccc2n[nH]nc12.[Zn+2]. The molecule has 25 heavy (non-hydrogen) atoms. The Kier molecular flexibility index (Phi) is 5.50. The van der Waals surface area contributed by atoms with Crippen LogP contribution in [0, 0.1) is 0 Å². The van der Waals surface area contributed by atoms with Crippen molar-refractivity contribution in [1.29, 1.82) is 0 Å². The molecule has 0 amide bonds. The molecule has 0 atom stereocenters. The number of aromatic amines is 2. The second-order valence-electron chi connectivity index (χ2n) is 4.57. The fourth-order valence-corrected chi connectivity index (χ4v) is 2.07. The van der Waals surface area contributed by atoms with Gasteiger partial charge in [0.2, 0.25) is 0 Å². The van der Waals surface area contributed by atoms with Gasteiger partial charge in [0.1, 0.15) is 22.1 Å². The van der Waals surface area contributed by atoms with E-state index < -0.39 is 11.9 Å². The molecule has 0 saturated carbocycles. The maximum atomic E-state index is 10.5. The van der Waals surface area contributed by atoms with Crippen LogP contribution in [0.2, 0.25) is 0 Å². The molecule has 0 fully saturated rings. The van der Waals surface area contributed by atoms with Crippen LogP contribution in [-0.2, 0) is 19.5 Å². The molecule has 0 bridgehead atoms. The number of carbonyl (C=O) groups excluding carboxylic acids is 2. The van der Waals surface area contributed by atoms with Crippen LogP contribution >= 0.6 is 0 Å². The number of para-hydroxylation sites is 2. The Hall–Kier alpha value is -3.20. The summed E-state index contributed by atoms with van der Waals surface area (Å²) in [5, 5.41) is 40.6. The van der Waals surface area contributed by atoms with Crippen molar-refractivity contribution in [3.05, 3.63) is 47.5 Å². The Bertz CT molecular complexity index is 960. The molecule has 10 nitrogen and oxygen atoms in total. The molecule has 4 aromatic rings. The van der Waals surface area contributed by atoms with Crippen molar-refractivity contribution in [3.63, 3.8) is 0 Å². The molecule has 2 N–H and O–H groups in total. The second kappa shape index (κ2) is 7.58. The van der Waals surface area contributed by atoms with Crippen LogP contribution in [0.5, 0.6) is 0 Å². The standard InChI is InChI=1S/2C7H5N3O2.Zn/c2*11-7(12)4-2-1-3-5-6(4)9-10-8-5;/h2*1-3H,(H,11,12)(H,8,9,10);/q;;+2/p-2. The number of carboxylic acids is 2. The van der Waals surface area contributed by atoms with Crippen LogP contribution in [-0.4, -0.2) is 42.8 Å². The molecule has 2 aromatic heterocycles. The maximum absolute atomic E-state index is 10.5. The number of benzene rings is 2. The van der Waals surface area contributed by atoms with E-state index in [9.17, 15) is 19.8 Å². The summed E-state index contributed by atoms with van der Waals surface area (Å²) < 4.78 is 0. The predicted octanol–water partition coefficient (Wildman–Crippen LogP) is -1.36. The molecule has 11 heteroatoms. The Morgan fingerprint density at radius 2 is 1.12 bits per heavy atom. The van der Waals surface area contributed by atoms with Gasteiger partial charge in [-0.2, -0.15) is 30.8 Å². The van der Waals surface area contributed by atoms with Gasteiger partial charge in [-0.1, -0.05) is 24.3 Å². The van der Waals surface area contributed by atoms with Gasteiger partial charge in [0, 0.05) is 11.1 Å². The normalized spacial score (nSPS) is 9.92. The molecule has 2 heterocycles. The first-order valence-corrected chi connectivity index (χ1v) is 6.59. The molecule has 0 aliphatic heterocycles. The molecule has 0 radical (unpaired) electrons. The molecular formula is C14H8N6O4Zn. The van der Waals surface area contributed by atoms with E-state index in [1.165, 1.54) is 12.1 Å². The summed E-state index contributed by atoms with van der Waals surface area (Å²) >= 11 is 0. The smallest absolute Gasteiger partial charge is 0.545 e. The van der Waals surface area contributed by atoms with E-state index in [4.69, 9.17) is 0 Å². The number of aromatic carboxylic acids is 2. The van der Waals surface area contributed by atoms with Gasteiger partial charge >= 0.3 is 19.5 Å². The third-order valence-corrected chi connectivity index (χ3v) is 3.13. The minimum absolute atomic E-state index is 0. The number of carbonyl (C=O) groups is 2. The number of hydrogen-bond donors (Lipinski definition) is 2. The fraction of sp³-hybridized carbons (Fsp3) is 0. The zero-order valence-electron chi connectivity index (χ0n) is 12.6. The predicted molar refractivity (Wildman–Crippen MR) is 76.4 cm³/mol. The largest absolute Gasteiger partial charge is 2.00 e. The van der Waals surface area contributed by atoms with Crippen LogP contribution < -0.4 is 10.2 Å². The summed E-state index contributed by atoms with van der Waals surface area (Å²) in [7, 11) is 0. The van der Waals surface area contributed by atoms with E-state index in [0.29, 0.717) is 22.1 Å². The van der Waals surface area contributed by atoms with Gasteiger partial charge in [0.05, 0.1) is 11.9 Å². The second-order valence-corrected chi connectivity index (χ2v) is 4.57. The van der Waals surface area contributed by atoms with E-state index in [-0.39, 0.29) is 30.6 Å². The van der Waals surface area contributed by atoms with Gasteiger partial charge in [-0.15, -0.1) is 0 Å². The minimum Gasteiger partial charge on any atom is -0.545 e.